The average molecular weight is 474 g/mol. The summed E-state index contributed by atoms with van der Waals surface area (Å²) in [6, 6.07) is 19.1. The van der Waals surface area contributed by atoms with Gasteiger partial charge in [0.2, 0.25) is 0 Å². The molecule has 4 aromatic rings. The summed E-state index contributed by atoms with van der Waals surface area (Å²) in [7, 11) is 0. The number of aromatic nitrogens is 2. The van der Waals surface area contributed by atoms with Crippen molar-refractivity contribution in [1.29, 1.82) is 0 Å². The van der Waals surface area contributed by atoms with E-state index in [0.717, 1.165) is 31.5 Å². The standard InChI is InChI=1S/C27H24FN3O2S/c1-18-4-6-19(7-5-18)17-34-27-29-24-16-20(25(32)30-14-2-3-15-30)8-13-23(24)26(33)31(27)22-11-9-21(28)10-12-22/h4-13,16H,2-3,14-15,17H2,1H3. The molecule has 1 saturated heterocycles. The van der Waals surface area contributed by atoms with Crippen molar-refractivity contribution in [3.63, 3.8) is 0 Å². The topological polar surface area (TPSA) is 55.2 Å². The molecule has 0 unspecified atom stereocenters. The summed E-state index contributed by atoms with van der Waals surface area (Å²) in [4.78, 5) is 33.1. The first-order valence-corrected chi connectivity index (χ1v) is 12.3. The Hall–Kier alpha value is -3.45. The maximum Gasteiger partial charge on any atom is 0.266 e. The molecule has 172 valence electrons. The van der Waals surface area contributed by atoms with E-state index in [-0.39, 0.29) is 17.3 Å². The van der Waals surface area contributed by atoms with Gasteiger partial charge in [-0.15, -0.1) is 0 Å². The van der Waals surface area contributed by atoms with E-state index in [1.807, 2.05) is 24.0 Å². The number of hydrogen-bond acceptors (Lipinski definition) is 4. The van der Waals surface area contributed by atoms with E-state index in [2.05, 4.69) is 12.1 Å². The van der Waals surface area contributed by atoms with Crippen LogP contribution in [-0.4, -0.2) is 33.4 Å². The number of amides is 1. The maximum atomic E-state index is 13.6. The van der Waals surface area contributed by atoms with E-state index in [9.17, 15) is 14.0 Å². The molecule has 0 spiro atoms. The third-order valence-electron chi connectivity index (χ3n) is 6.05. The fourth-order valence-corrected chi connectivity index (χ4v) is 5.12. The Morgan fingerprint density at radius 3 is 2.41 bits per heavy atom. The molecule has 0 atom stereocenters. The Labute approximate surface area is 201 Å². The van der Waals surface area contributed by atoms with Gasteiger partial charge in [-0.05, 0) is 67.8 Å². The Morgan fingerprint density at radius 2 is 1.71 bits per heavy atom. The highest BCUT2D eigenvalue weighted by Gasteiger charge is 2.21. The van der Waals surface area contributed by atoms with Crippen LogP contribution in [0.4, 0.5) is 4.39 Å². The first kappa shape index (κ1) is 22.3. The van der Waals surface area contributed by atoms with Crippen molar-refractivity contribution in [1.82, 2.24) is 14.5 Å². The fourth-order valence-electron chi connectivity index (χ4n) is 4.15. The van der Waals surface area contributed by atoms with E-state index >= 15 is 0 Å². The van der Waals surface area contributed by atoms with E-state index in [1.165, 1.54) is 34.0 Å². The highest BCUT2D eigenvalue weighted by atomic mass is 32.2. The summed E-state index contributed by atoms with van der Waals surface area (Å²) in [5.41, 5.74) is 3.60. The highest BCUT2D eigenvalue weighted by Crippen LogP contribution is 2.26. The van der Waals surface area contributed by atoms with Crippen molar-refractivity contribution in [3.8, 4) is 5.69 Å². The van der Waals surface area contributed by atoms with Crippen LogP contribution in [0.3, 0.4) is 0 Å². The first-order chi connectivity index (χ1) is 16.5. The molecular formula is C27H24FN3O2S. The van der Waals surface area contributed by atoms with Crippen LogP contribution in [0.5, 0.6) is 0 Å². The molecule has 3 aromatic carbocycles. The van der Waals surface area contributed by atoms with Crippen molar-refractivity contribution in [2.75, 3.05) is 13.1 Å². The average Bonchev–Trinajstić information content (AvgIpc) is 3.39. The van der Waals surface area contributed by atoms with Crippen molar-refractivity contribution in [2.24, 2.45) is 0 Å². The monoisotopic (exact) mass is 473 g/mol. The minimum atomic E-state index is -0.371. The summed E-state index contributed by atoms with van der Waals surface area (Å²) in [6.07, 6.45) is 2.03. The van der Waals surface area contributed by atoms with Gasteiger partial charge in [-0.2, -0.15) is 0 Å². The van der Waals surface area contributed by atoms with E-state index in [4.69, 9.17) is 4.98 Å². The number of fused-ring (bicyclic) bond motifs is 1. The van der Waals surface area contributed by atoms with Gasteiger partial charge < -0.3 is 4.90 Å². The van der Waals surface area contributed by atoms with Crippen LogP contribution in [0, 0.1) is 12.7 Å². The number of rotatable bonds is 5. The second-order valence-corrected chi connectivity index (χ2v) is 9.46. The zero-order valence-corrected chi connectivity index (χ0v) is 19.6. The minimum Gasteiger partial charge on any atom is -0.339 e. The summed E-state index contributed by atoms with van der Waals surface area (Å²) >= 11 is 1.44. The number of hydrogen-bond donors (Lipinski definition) is 0. The first-order valence-electron chi connectivity index (χ1n) is 11.3. The van der Waals surface area contributed by atoms with Crippen molar-refractivity contribution < 1.29 is 9.18 Å². The summed E-state index contributed by atoms with van der Waals surface area (Å²) in [6.45, 7) is 3.55. The van der Waals surface area contributed by atoms with Crippen LogP contribution >= 0.6 is 11.8 Å². The number of halogens is 1. The van der Waals surface area contributed by atoms with Gasteiger partial charge >= 0.3 is 0 Å². The largest absolute Gasteiger partial charge is 0.339 e. The lowest BCUT2D eigenvalue weighted by atomic mass is 10.1. The van der Waals surface area contributed by atoms with Gasteiger partial charge in [-0.3, -0.25) is 14.2 Å². The summed E-state index contributed by atoms with van der Waals surface area (Å²) in [5.74, 6) is 0.216. The van der Waals surface area contributed by atoms with Crippen LogP contribution in [-0.2, 0) is 5.75 Å². The minimum absolute atomic E-state index is 0.0298. The lowest BCUT2D eigenvalue weighted by Crippen LogP contribution is -2.28. The molecule has 0 N–H and O–H groups in total. The van der Waals surface area contributed by atoms with Crippen LogP contribution in [0.25, 0.3) is 16.6 Å². The molecule has 5 nitrogen and oxygen atoms in total. The third kappa shape index (κ3) is 4.48. The Bertz CT molecular complexity index is 1410. The normalized spacial score (nSPS) is 13.5. The van der Waals surface area contributed by atoms with Gasteiger partial charge in [-0.25, -0.2) is 9.37 Å². The molecule has 0 radical (unpaired) electrons. The molecule has 1 aromatic heterocycles. The predicted octanol–water partition coefficient (Wildman–Crippen LogP) is 5.36. The highest BCUT2D eigenvalue weighted by molar-refractivity contribution is 7.98. The lowest BCUT2D eigenvalue weighted by molar-refractivity contribution is 0.0793. The number of thioether (sulfide) groups is 1. The smallest absolute Gasteiger partial charge is 0.266 e. The number of likely N-dealkylation sites (tertiary alicyclic amines) is 1. The fraction of sp³-hybridized carbons (Fsp3) is 0.222. The predicted molar refractivity (Wildman–Crippen MR) is 133 cm³/mol. The van der Waals surface area contributed by atoms with Gasteiger partial charge in [0.05, 0.1) is 16.6 Å². The molecule has 1 aliphatic heterocycles. The van der Waals surface area contributed by atoms with Gasteiger partial charge in [-0.1, -0.05) is 41.6 Å². The molecule has 1 aliphatic rings. The van der Waals surface area contributed by atoms with E-state index < -0.39 is 0 Å². The van der Waals surface area contributed by atoms with Crippen LogP contribution in [0.15, 0.2) is 76.7 Å². The van der Waals surface area contributed by atoms with Gasteiger partial charge in [0, 0.05) is 24.4 Å². The molecule has 7 heteroatoms. The Balaban J connectivity index is 1.59. The number of carbonyl (C=O) groups is 1. The molecule has 0 bridgehead atoms. The number of benzene rings is 3. The molecular weight excluding hydrogens is 449 g/mol. The van der Waals surface area contributed by atoms with Gasteiger partial charge in [0.1, 0.15) is 5.82 Å². The van der Waals surface area contributed by atoms with Crippen LogP contribution in [0.1, 0.15) is 34.3 Å². The zero-order chi connectivity index (χ0) is 23.7. The molecule has 0 saturated carbocycles. The number of aryl methyl sites for hydroxylation is 1. The molecule has 2 heterocycles. The molecule has 1 fully saturated rings. The van der Waals surface area contributed by atoms with Gasteiger partial charge in [0.25, 0.3) is 11.5 Å². The zero-order valence-electron chi connectivity index (χ0n) is 18.8. The molecule has 1 amide bonds. The van der Waals surface area contributed by atoms with E-state index in [1.54, 1.807) is 30.3 Å². The Kier molecular flexibility index (Phi) is 6.20. The quantitative estimate of drug-likeness (QED) is 0.289. The van der Waals surface area contributed by atoms with Crippen molar-refractivity contribution in [2.45, 2.75) is 30.7 Å². The molecule has 0 aliphatic carbocycles. The summed E-state index contributed by atoms with van der Waals surface area (Å²) < 4.78 is 15.1. The number of nitrogens with zero attached hydrogens (tertiary/aromatic N) is 3. The van der Waals surface area contributed by atoms with Crippen LogP contribution < -0.4 is 5.56 Å². The SMILES string of the molecule is Cc1ccc(CSc2nc3cc(C(=O)N4CCCC4)ccc3c(=O)n2-c2ccc(F)cc2)cc1. The van der Waals surface area contributed by atoms with Crippen LogP contribution in [0.2, 0.25) is 0 Å². The lowest BCUT2D eigenvalue weighted by Gasteiger charge is -2.16. The second-order valence-electron chi connectivity index (χ2n) is 8.52. The Morgan fingerprint density at radius 1 is 1.00 bits per heavy atom. The maximum absolute atomic E-state index is 13.6. The third-order valence-corrected chi connectivity index (χ3v) is 7.06. The summed E-state index contributed by atoms with van der Waals surface area (Å²) in [5, 5.41) is 0.914. The molecule has 5 rings (SSSR count). The number of carbonyl (C=O) groups excluding carboxylic acids is 1. The van der Waals surface area contributed by atoms with E-state index in [0.29, 0.717) is 33.1 Å². The van der Waals surface area contributed by atoms with Gasteiger partial charge in [0.15, 0.2) is 5.16 Å². The molecule has 34 heavy (non-hydrogen) atoms. The second kappa shape index (κ2) is 9.43. The van der Waals surface area contributed by atoms with Crippen molar-refractivity contribution in [3.05, 3.63) is 99.6 Å². The van der Waals surface area contributed by atoms with Crippen molar-refractivity contribution >= 4 is 28.6 Å².